The molecule has 6 nitrogen and oxygen atoms in total. The zero-order valence-corrected chi connectivity index (χ0v) is 15.7. The zero-order valence-electron chi connectivity index (χ0n) is 15.7. The van der Waals surface area contributed by atoms with E-state index in [1.807, 2.05) is 13.0 Å². The first-order chi connectivity index (χ1) is 14.0. The maximum absolute atomic E-state index is 13.8. The molecule has 3 aromatic rings. The number of carbonyl (C=O) groups excluding carboxylic acids is 2. The molecule has 2 amide bonds. The van der Waals surface area contributed by atoms with E-state index in [1.54, 1.807) is 42.5 Å². The predicted molar refractivity (Wildman–Crippen MR) is 105 cm³/mol. The number of ether oxygens (including phenoxy) is 1. The number of pyridine rings is 1. The summed E-state index contributed by atoms with van der Waals surface area (Å²) in [5.74, 6) is -0.576. The van der Waals surface area contributed by atoms with Gasteiger partial charge in [-0.15, -0.1) is 0 Å². The first-order valence-electron chi connectivity index (χ1n) is 9.08. The fourth-order valence-corrected chi connectivity index (χ4v) is 3.11. The number of rotatable bonds is 4. The Kier molecular flexibility index (Phi) is 4.95. The molecule has 0 saturated heterocycles. The molecule has 0 fully saturated rings. The van der Waals surface area contributed by atoms with Gasteiger partial charge in [0.2, 0.25) is 11.8 Å². The highest BCUT2D eigenvalue weighted by molar-refractivity contribution is 6.11. The Balaban J connectivity index is 1.61. The number of amides is 2. The molecule has 2 heterocycles. The van der Waals surface area contributed by atoms with Crippen molar-refractivity contribution in [1.29, 1.82) is 0 Å². The SMILES string of the molecule is Cc1ccc2c(c1)N(CC(=O)NCc1ccccc1F)C(=O)c1cccnc1O2. The normalized spacial score (nSPS) is 12.5. The smallest absolute Gasteiger partial charge is 0.264 e. The summed E-state index contributed by atoms with van der Waals surface area (Å²) in [4.78, 5) is 31.2. The molecular weight excluding hydrogens is 373 g/mol. The van der Waals surface area contributed by atoms with Crippen molar-refractivity contribution in [2.24, 2.45) is 0 Å². The lowest BCUT2D eigenvalue weighted by Gasteiger charge is -2.22. The minimum atomic E-state index is -0.415. The lowest BCUT2D eigenvalue weighted by atomic mass is 10.1. The van der Waals surface area contributed by atoms with Crippen LogP contribution in [0.3, 0.4) is 0 Å². The Morgan fingerprint density at radius 3 is 2.83 bits per heavy atom. The number of benzene rings is 2. The number of nitrogens with one attached hydrogen (secondary N) is 1. The van der Waals surface area contributed by atoms with Crippen LogP contribution in [0.15, 0.2) is 60.8 Å². The van der Waals surface area contributed by atoms with Gasteiger partial charge in [-0.25, -0.2) is 9.37 Å². The third-order valence-electron chi connectivity index (χ3n) is 4.59. The molecule has 1 aliphatic rings. The maximum atomic E-state index is 13.8. The van der Waals surface area contributed by atoms with Gasteiger partial charge in [0, 0.05) is 18.3 Å². The summed E-state index contributed by atoms with van der Waals surface area (Å²) >= 11 is 0. The van der Waals surface area contributed by atoms with E-state index in [2.05, 4.69) is 10.3 Å². The quantitative estimate of drug-likeness (QED) is 0.738. The zero-order chi connectivity index (χ0) is 20.4. The highest BCUT2D eigenvalue weighted by Gasteiger charge is 2.30. The number of nitrogens with zero attached hydrogens (tertiary/aromatic N) is 2. The van der Waals surface area contributed by atoms with Crippen LogP contribution in [0.1, 0.15) is 21.5 Å². The molecule has 0 saturated carbocycles. The lowest BCUT2D eigenvalue weighted by Crippen LogP contribution is -2.40. The molecule has 4 rings (SSSR count). The number of anilines is 1. The van der Waals surface area contributed by atoms with E-state index in [1.165, 1.54) is 17.2 Å². The average Bonchev–Trinajstić information content (AvgIpc) is 2.83. The number of aromatic nitrogens is 1. The second-order valence-electron chi connectivity index (χ2n) is 6.69. The number of aryl methyl sites for hydroxylation is 1. The third-order valence-corrected chi connectivity index (χ3v) is 4.59. The van der Waals surface area contributed by atoms with Crippen LogP contribution >= 0.6 is 0 Å². The first-order valence-corrected chi connectivity index (χ1v) is 9.08. The molecule has 0 aliphatic carbocycles. The molecule has 0 atom stereocenters. The molecule has 1 aromatic heterocycles. The Labute approximate surface area is 166 Å². The van der Waals surface area contributed by atoms with Gasteiger partial charge in [0.25, 0.3) is 5.91 Å². The monoisotopic (exact) mass is 391 g/mol. The largest absolute Gasteiger partial charge is 0.436 e. The minimum absolute atomic E-state index is 0.0306. The fraction of sp³-hybridized carbons (Fsp3) is 0.136. The Morgan fingerprint density at radius 1 is 1.17 bits per heavy atom. The van der Waals surface area contributed by atoms with Crippen molar-refractivity contribution >= 4 is 17.5 Å². The van der Waals surface area contributed by atoms with Crippen LogP contribution < -0.4 is 15.0 Å². The maximum Gasteiger partial charge on any atom is 0.264 e. The molecule has 2 aromatic carbocycles. The van der Waals surface area contributed by atoms with Gasteiger partial charge in [-0.2, -0.15) is 0 Å². The van der Waals surface area contributed by atoms with Crippen LogP contribution in [0.25, 0.3) is 0 Å². The lowest BCUT2D eigenvalue weighted by molar-refractivity contribution is -0.119. The van der Waals surface area contributed by atoms with Crippen molar-refractivity contribution < 1.29 is 18.7 Å². The van der Waals surface area contributed by atoms with Gasteiger partial charge < -0.3 is 10.1 Å². The van der Waals surface area contributed by atoms with Gasteiger partial charge in [0.15, 0.2) is 5.75 Å². The van der Waals surface area contributed by atoms with Gasteiger partial charge in [0.1, 0.15) is 17.9 Å². The molecule has 0 unspecified atom stereocenters. The highest BCUT2D eigenvalue weighted by atomic mass is 19.1. The molecule has 1 N–H and O–H groups in total. The van der Waals surface area contributed by atoms with Gasteiger partial charge >= 0.3 is 0 Å². The topological polar surface area (TPSA) is 71.5 Å². The number of hydrogen-bond donors (Lipinski definition) is 1. The number of halogens is 1. The van der Waals surface area contributed by atoms with Crippen molar-refractivity contribution in [1.82, 2.24) is 10.3 Å². The standard InChI is InChI=1S/C22H18FN3O3/c1-14-8-9-19-18(11-14)26(22(28)16-6-4-10-24-21(16)29-19)13-20(27)25-12-15-5-2-3-7-17(15)23/h2-11H,12-13H2,1H3,(H,25,27). The first kappa shape index (κ1) is 18.6. The van der Waals surface area contributed by atoms with Crippen LogP contribution in [0.2, 0.25) is 0 Å². The van der Waals surface area contributed by atoms with Crippen molar-refractivity contribution in [3.63, 3.8) is 0 Å². The van der Waals surface area contributed by atoms with E-state index in [0.29, 0.717) is 17.0 Å². The molecule has 0 bridgehead atoms. The fourth-order valence-electron chi connectivity index (χ4n) is 3.11. The molecule has 7 heteroatoms. The minimum Gasteiger partial charge on any atom is -0.436 e. The van der Waals surface area contributed by atoms with Crippen molar-refractivity contribution in [2.75, 3.05) is 11.4 Å². The van der Waals surface area contributed by atoms with Crippen LogP contribution in [0, 0.1) is 12.7 Å². The van der Waals surface area contributed by atoms with Gasteiger partial charge in [-0.3, -0.25) is 14.5 Å². The Hall–Kier alpha value is -3.74. The highest BCUT2D eigenvalue weighted by Crippen LogP contribution is 2.38. The van der Waals surface area contributed by atoms with Crippen molar-refractivity contribution in [2.45, 2.75) is 13.5 Å². The second kappa shape index (κ2) is 7.71. The summed E-state index contributed by atoms with van der Waals surface area (Å²) in [5.41, 5.74) is 2.03. The summed E-state index contributed by atoms with van der Waals surface area (Å²) in [7, 11) is 0. The second-order valence-corrected chi connectivity index (χ2v) is 6.69. The number of fused-ring (bicyclic) bond motifs is 2. The van der Waals surface area contributed by atoms with E-state index >= 15 is 0 Å². The molecular formula is C22H18FN3O3. The Bertz CT molecular complexity index is 1100. The third kappa shape index (κ3) is 3.80. The average molecular weight is 391 g/mol. The van der Waals surface area contributed by atoms with E-state index in [9.17, 15) is 14.0 Å². The number of carbonyl (C=O) groups is 2. The van der Waals surface area contributed by atoms with Crippen LogP contribution in [-0.4, -0.2) is 23.3 Å². The number of hydrogen-bond acceptors (Lipinski definition) is 4. The van der Waals surface area contributed by atoms with Gasteiger partial charge in [-0.1, -0.05) is 24.3 Å². The summed E-state index contributed by atoms with van der Waals surface area (Å²) in [6.45, 7) is 1.68. The molecule has 146 valence electrons. The molecule has 1 aliphatic heterocycles. The summed E-state index contributed by atoms with van der Waals surface area (Å²) in [6, 6.07) is 14.8. The summed E-state index contributed by atoms with van der Waals surface area (Å²) in [5, 5.41) is 2.67. The van der Waals surface area contributed by atoms with Gasteiger partial charge in [0.05, 0.1) is 5.69 Å². The van der Waals surface area contributed by atoms with E-state index in [0.717, 1.165) is 5.56 Å². The van der Waals surface area contributed by atoms with E-state index < -0.39 is 17.6 Å². The van der Waals surface area contributed by atoms with Crippen molar-refractivity contribution in [3.05, 3.63) is 83.3 Å². The van der Waals surface area contributed by atoms with Crippen LogP contribution in [0.4, 0.5) is 10.1 Å². The predicted octanol–water partition coefficient (Wildman–Crippen LogP) is 3.60. The van der Waals surface area contributed by atoms with E-state index in [4.69, 9.17) is 4.74 Å². The van der Waals surface area contributed by atoms with Crippen LogP contribution in [-0.2, 0) is 11.3 Å². The van der Waals surface area contributed by atoms with Crippen molar-refractivity contribution in [3.8, 4) is 11.6 Å². The summed E-state index contributed by atoms with van der Waals surface area (Å²) in [6.07, 6.45) is 1.54. The van der Waals surface area contributed by atoms with Gasteiger partial charge in [-0.05, 0) is 42.8 Å². The Morgan fingerprint density at radius 2 is 2.00 bits per heavy atom. The van der Waals surface area contributed by atoms with E-state index in [-0.39, 0.29) is 24.5 Å². The van der Waals surface area contributed by atoms with Crippen LogP contribution in [0.5, 0.6) is 11.6 Å². The molecule has 0 spiro atoms. The summed E-state index contributed by atoms with van der Waals surface area (Å²) < 4.78 is 19.6. The molecule has 29 heavy (non-hydrogen) atoms. The molecule has 0 radical (unpaired) electrons.